The van der Waals surface area contributed by atoms with Gasteiger partial charge in [0.15, 0.2) is 6.79 Å². The summed E-state index contributed by atoms with van der Waals surface area (Å²) in [5.74, 6) is 2.02. The number of hydrogen-bond acceptors (Lipinski definition) is 8. The van der Waals surface area contributed by atoms with Crippen molar-refractivity contribution >= 4 is 59.6 Å². The highest BCUT2D eigenvalue weighted by molar-refractivity contribution is 9.10. The maximum atomic E-state index is 9.07. The number of ether oxygens (including phenoxy) is 5. The van der Waals surface area contributed by atoms with Gasteiger partial charge in [0.05, 0.1) is 22.2 Å². The largest absolute Gasteiger partial charge is 0.508 e. The zero-order valence-corrected chi connectivity index (χ0v) is 31.0. The van der Waals surface area contributed by atoms with Gasteiger partial charge < -0.3 is 39.0 Å². The first kappa shape index (κ1) is 40.2. The lowest BCUT2D eigenvalue weighted by Gasteiger charge is -2.15. The molecule has 13 heteroatoms. The molecular weight excluding hydrogens is 716 g/mol. The number of hydrogen-bond donors (Lipinski definition) is 3. The van der Waals surface area contributed by atoms with Gasteiger partial charge in [0, 0.05) is 41.5 Å². The number of phenolic OH excluding ortho intramolecular Hbond substituents is 1. The number of aromatic hydroxyl groups is 1. The second-order valence-corrected chi connectivity index (χ2v) is 24.3. The number of aliphatic hydroxyl groups is 2. The average molecular weight is 763 g/mol. The maximum absolute atomic E-state index is 9.07. The molecule has 0 aromatic heterocycles. The highest BCUT2D eigenvalue weighted by atomic mass is 79.9. The molecule has 236 valence electrons. The molecule has 0 unspecified atom stereocenters. The summed E-state index contributed by atoms with van der Waals surface area (Å²) in [6.45, 7) is 16.2. The molecule has 8 nitrogen and oxygen atoms in total. The van der Waals surface area contributed by atoms with Gasteiger partial charge in [0.1, 0.15) is 42.3 Å². The molecule has 0 spiro atoms. The van der Waals surface area contributed by atoms with E-state index in [1.807, 2.05) is 12.1 Å². The van der Waals surface area contributed by atoms with Crippen LogP contribution in [-0.4, -0.2) is 84.0 Å². The van der Waals surface area contributed by atoms with Gasteiger partial charge in [-0.3, -0.25) is 0 Å². The Morgan fingerprint density at radius 1 is 0.683 bits per heavy atom. The summed E-state index contributed by atoms with van der Waals surface area (Å²) in [4.78, 5) is 0. The molecule has 0 amide bonds. The number of rotatable bonds is 16. The topological polar surface area (TPSA) is 107 Å². The lowest BCUT2D eigenvalue weighted by molar-refractivity contribution is 0.0219. The Morgan fingerprint density at radius 2 is 1.17 bits per heavy atom. The van der Waals surface area contributed by atoms with E-state index >= 15 is 0 Å². The van der Waals surface area contributed by atoms with Crippen molar-refractivity contribution in [1.29, 1.82) is 0 Å². The van der Waals surface area contributed by atoms with Crippen LogP contribution in [0.4, 0.5) is 0 Å². The summed E-state index contributed by atoms with van der Waals surface area (Å²) in [5.41, 5.74) is 0. The van der Waals surface area contributed by atoms with Crippen molar-refractivity contribution in [3.8, 4) is 23.0 Å². The minimum atomic E-state index is -1.05. The Kier molecular flexibility index (Phi) is 22.2. The Hall–Kier alpha value is -0.836. The molecule has 41 heavy (non-hydrogen) atoms. The lowest BCUT2D eigenvalue weighted by Crippen LogP contribution is -2.22. The van der Waals surface area contributed by atoms with E-state index in [9.17, 15) is 0 Å². The summed E-state index contributed by atoms with van der Waals surface area (Å²) in [7, 11) is -1.93. The van der Waals surface area contributed by atoms with Gasteiger partial charge in [-0.05, 0) is 68.2 Å². The highest BCUT2D eigenvalue weighted by Crippen LogP contribution is 2.30. The van der Waals surface area contributed by atoms with E-state index in [1.165, 1.54) is 12.1 Å². The van der Waals surface area contributed by atoms with Gasteiger partial charge in [-0.1, -0.05) is 50.9 Å². The maximum Gasteiger partial charge on any atom is 0.189 e. The number of halogens is 3. The van der Waals surface area contributed by atoms with Crippen molar-refractivity contribution in [2.75, 3.05) is 52.5 Å². The van der Waals surface area contributed by atoms with E-state index in [2.05, 4.69) is 71.1 Å². The SMILES string of the molecule is C[Si](C)(C)CCOCCl.C[Si](C)(C)CCOCOc1ccc(Br)c(OCCO)c1.OCCOc1cc(O)ccc1Br. The van der Waals surface area contributed by atoms with Gasteiger partial charge in [0.2, 0.25) is 0 Å². The summed E-state index contributed by atoms with van der Waals surface area (Å²) >= 11 is 12.0. The van der Waals surface area contributed by atoms with Crippen LogP contribution in [0, 0.1) is 0 Å². The third-order valence-corrected chi connectivity index (χ3v) is 9.77. The third-order valence-electron chi connectivity index (χ3n) is 4.89. The summed E-state index contributed by atoms with van der Waals surface area (Å²) in [6, 6.07) is 12.9. The Morgan fingerprint density at radius 3 is 1.66 bits per heavy atom. The molecule has 0 saturated heterocycles. The number of phenols is 1. The van der Waals surface area contributed by atoms with E-state index < -0.39 is 16.1 Å². The Balaban J connectivity index is 0.000000646. The van der Waals surface area contributed by atoms with Crippen molar-refractivity contribution in [1.82, 2.24) is 0 Å². The summed E-state index contributed by atoms with van der Waals surface area (Å²) in [5, 5.41) is 26.3. The van der Waals surface area contributed by atoms with Crippen LogP contribution in [0.5, 0.6) is 23.0 Å². The van der Waals surface area contributed by atoms with Crippen LogP contribution in [-0.2, 0) is 9.47 Å². The molecule has 0 saturated carbocycles. The average Bonchev–Trinajstić information content (AvgIpc) is 2.88. The first-order valence-corrected chi connectivity index (χ1v) is 22.9. The van der Waals surface area contributed by atoms with Gasteiger partial charge in [-0.25, -0.2) is 0 Å². The number of alkyl halides is 1. The lowest BCUT2D eigenvalue weighted by atomic mass is 10.3. The van der Waals surface area contributed by atoms with Crippen molar-refractivity contribution in [2.45, 2.75) is 51.4 Å². The van der Waals surface area contributed by atoms with Crippen molar-refractivity contribution in [2.24, 2.45) is 0 Å². The molecule has 0 aliphatic rings. The monoisotopic (exact) mass is 760 g/mol. The standard InChI is InChI=1S/C14H23BrO4Si.C8H9BrO3.C6H15ClOSi/c1-20(2,3)9-8-17-11-19-12-4-5-13(15)14(10-12)18-7-6-16;9-7-2-1-6(11)5-8(7)12-4-3-10;1-9(2,3)5-4-8-6-7/h4-5,10,16H,6-9,11H2,1-3H3;1-2,5,10-11H,3-4H2;4-6H2,1-3H3. The molecule has 0 aliphatic carbocycles. The Bertz CT molecular complexity index is 960. The van der Waals surface area contributed by atoms with E-state index in [0.717, 1.165) is 28.2 Å². The van der Waals surface area contributed by atoms with E-state index in [1.54, 1.807) is 18.2 Å². The number of aliphatic hydroxyl groups excluding tert-OH is 2. The van der Waals surface area contributed by atoms with Crippen LogP contribution in [0.25, 0.3) is 0 Å². The van der Waals surface area contributed by atoms with Crippen molar-refractivity contribution in [3.63, 3.8) is 0 Å². The van der Waals surface area contributed by atoms with Crippen LogP contribution in [0.15, 0.2) is 45.3 Å². The molecule has 0 fully saturated rings. The van der Waals surface area contributed by atoms with E-state index in [4.69, 9.17) is 50.6 Å². The van der Waals surface area contributed by atoms with Crippen LogP contribution in [0.3, 0.4) is 0 Å². The first-order chi connectivity index (χ1) is 19.2. The van der Waals surface area contributed by atoms with Crippen molar-refractivity contribution in [3.05, 3.63) is 45.3 Å². The zero-order valence-electron chi connectivity index (χ0n) is 25.1. The molecule has 3 N–H and O–H groups in total. The van der Waals surface area contributed by atoms with Gasteiger partial charge in [0.25, 0.3) is 0 Å². The second-order valence-electron chi connectivity index (χ2n) is 11.2. The molecule has 0 aliphatic heterocycles. The zero-order chi connectivity index (χ0) is 31.3. The van der Waals surface area contributed by atoms with E-state index in [-0.39, 0.29) is 39.0 Å². The molecule has 2 aromatic rings. The van der Waals surface area contributed by atoms with Crippen LogP contribution in [0.2, 0.25) is 51.4 Å². The van der Waals surface area contributed by atoms with Crippen LogP contribution >= 0.6 is 43.5 Å². The molecule has 0 radical (unpaired) electrons. The van der Waals surface area contributed by atoms with Crippen LogP contribution < -0.4 is 14.2 Å². The molecule has 2 rings (SSSR count). The fourth-order valence-electron chi connectivity index (χ4n) is 2.58. The predicted molar refractivity (Wildman–Crippen MR) is 180 cm³/mol. The summed E-state index contributed by atoms with van der Waals surface area (Å²) < 4.78 is 28.1. The van der Waals surface area contributed by atoms with Gasteiger partial charge in [-0.15, -0.1) is 0 Å². The van der Waals surface area contributed by atoms with Crippen molar-refractivity contribution < 1.29 is 39.0 Å². The minimum Gasteiger partial charge on any atom is -0.508 e. The first-order valence-electron chi connectivity index (χ1n) is 13.3. The molecular formula is C28H47Br2ClO8Si2. The minimum absolute atomic E-state index is 0.0165. The van der Waals surface area contributed by atoms with E-state index in [0.29, 0.717) is 23.3 Å². The molecule has 2 aromatic carbocycles. The number of benzene rings is 2. The third kappa shape index (κ3) is 23.3. The molecule has 0 bridgehead atoms. The second kappa shape index (κ2) is 22.7. The highest BCUT2D eigenvalue weighted by Gasteiger charge is 2.12. The quantitative estimate of drug-likeness (QED) is 0.0697. The van der Waals surface area contributed by atoms with Gasteiger partial charge >= 0.3 is 0 Å². The fraction of sp³-hybridized carbons (Fsp3) is 0.571. The Labute approximate surface area is 269 Å². The van der Waals surface area contributed by atoms with Gasteiger partial charge in [-0.2, -0.15) is 0 Å². The molecule has 0 heterocycles. The fourth-order valence-corrected chi connectivity index (χ4v) is 4.92. The predicted octanol–water partition coefficient (Wildman–Crippen LogP) is 7.57. The normalized spacial score (nSPS) is 11.1. The summed E-state index contributed by atoms with van der Waals surface area (Å²) in [6.07, 6.45) is 0. The molecule has 0 atom stereocenters. The smallest absolute Gasteiger partial charge is 0.189 e. The van der Waals surface area contributed by atoms with Crippen LogP contribution in [0.1, 0.15) is 0 Å².